The molecular weight excluding hydrogens is 316 g/mol. The van der Waals surface area contributed by atoms with Crippen LogP contribution in [0.25, 0.3) is 5.69 Å². The van der Waals surface area contributed by atoms with E-state index in [0.717, 1.165) is 50.7 Å². The fourth-order valence-electron chi connectivity index (χ4n) is 3.49. The summed E-state index contributed by atoms with van der Waals surface area (Å²) in [7, 11) is 0. The number of aromatic nitrogens is 4. The van der Waals surface area contributed by atoms with Gasteiger partial charge in [-0.15, -0.1) is 0 Å². The molecule has 0 N–H and O–H groups in total. The standard InChI is InChI=1S/C18H22N6O/c25-17(14-15-6-4-5-7-15)22-10-12-23(13-11-22)18-19-20-21-24(18)16-8-2-1-3-9-16/h1-4,6,8-9,15H,5,7,10-14H2. The van der Waals surface area contributed by atoms with Gasteiger partial charge in [0.15, 0.2) is 0 Å². The number of carbonyl (C=O) groups excluding carboxylic acids is 1. The van der Waals surface area contributed by atoms with Gasteiger partial charge in [-0.25, -0.2) is 0 Å². The van der Waals surface area contributed by atoms with Crippen LogP contribution in [0.4, 0.5) is 5.95 Å². The van der Waals surface area contributed by atoms with Crippen molar-refractivity contribution in [3.8, 4) is 5.69 Å². The number of hydrogen-bond acceptors (Lipinski definition) is 5. The van der Waals surface area contributed by atoms with E-state index in [9.17, 15) is 4.79 Å². The van der Waals surface area contributed by atoms with Crippen LogP contribution in [0.5, 0.6) is 0 Å². The van der Waals surface area contributed by atoms with Gasteiger partial charge >= 0.3 is 0 Å². The second-order valence-corrected chi connectivity index (χ2v) is 6.56. The van der Waals surface area contributed by atoms with Gasteiger partial charge in [0.05, 0.1) is 5.69 Å². The van der Waals surface area contributed by atoms with Gasteiger partial charge in [-0.3, -0.25) is 4.79 Å². The topological polar surface area (TPSA) is 67.2 Å². The van der Waals surface area contributed by atoms with Crippen LogP contribution >= 0.6 is 0 Å². The lowest BCUT2D eigenvalue weighted by molar-refractivity contribution is -0.132. The smallest absolute Gasteiger partial charge is 0.250 e. The summed E-state index contributed by atoms with van der Waals surface area (Å²) in [4.78, 5) is 16.6. The van der Waals surface area contributed by atoms with Crippen molar-refractivity contribution in [2.45, 2.75) is 19.3 Å². The minimum atomic E-state index is 0.263. The predicted molar refractivity (Wildman–Crippen MR) is 94.4 cm³/mol. The third-order valence-electron chi connectivity index (χ3n) is 4.92. The van der Waals surface area contributed by atoms with Crippen molar-refractivity contribution in [3.05, 3.63) is 42.5 Å². The van der Waals surface area contributed by atoms with Crippen molar-refractivity contribution in [1.82, 2.24) is 25.1 Å². The van der Waals surface area contributed by atoms with Crippen molar-refractivity contribution in [3.63, 3.8) is 0 Å². The van der Waals surface area contributed by atoms with E-state index >= 15 is 0 Å². The summed E-state index contributed by atoms with van der Waals surface area (Å²) in [6.45, 7) is 2.94. The molecule has 25 heavy (non-hydrogen) atoms. The molecule has 1 saturated heterocycles. The molecule has 2 aromatic rings. The summed E-state index contributed by atoms with van der Waals surface area (Å²) in [5, 5.41) is 12.1. The van der Waals surface area contributed by atoms with Gasteiger partial charge in [0, 0.05) is 32.6 Å². The second kappa shape index (κ2) is 7.04. The molecular formula is C18H22N6O. The highest BCUT2D eigenvalue weighted by molar-refractivity contribution is 5.77. The van der Waals surface area contributed by atoms with Crippen LogP contribution < -0.4 is 4.90 Å². The number of hydrogen-bond donors (Lipinski definition) is 0. The fourth-order valence-corrected chi connectivity index (χ4v) is 3.49. The highest BCUT2D eigenvalue weighted by Crippen LogP contribution is 2.22. The molecule has 7 heteroatoms. The number of carbonyl (C=O) groups is 1. The Hall–Kier alpha value is -2.70. The summed E-state index contributed by atoms with van der Waals surface area (Å²) < 4.78 is 1.75. The van der Waals surface area contributed by atoms with Crippen LogP contribution in [0.1, 0.15) is 19.3 Å². The van der Waals surface area contributed by atoms with Gasteiger partial charge in [0.1, 0.15) is 0 Å². The maximum Gasteiger partial charge on any atom is 0.250 e. The summed E-state index contributed by atoms with van der Waals surface area (Å²) in [5.41, 5.74) is 0.939. The monoisotopic (exact) mass is 338 g/mol. The number of piperazine rings is 1. The zero-order chi connectivity index (χ0) is 17.1. The summed E-state index contributed by atoms with van der Waals surface area (Å²) in [5.74, 6) is 1.42. The summed E-state index contributed by atoms with van der Waals surface area (Å²) >= 11 is 0. The molecule has 0 radical (unpaired) electrons. The fraction of sp³-hybridized carbons (Fsp3) is 0.444. The van der Waals surface area contributed by atoms with Gasteiger partial charge in [-0.1, -0.05) is 35.4 Å². The highest BCUT2D eigenvalue weighted by atomic mass is 16.2. The largest absolute Gasteiger partial charge is 0.339 e. The van der Waals surface area contributed by atoms with Crippen LogP contribution in [0, 0.1) is 5.92 Å². The highest BCUT2D eigenvalue weighted by Gasteiger charge is 2.26. The number of benzene rings is 1. The summed E-state index contributed by atoms with van der Waals surface area (Å²) in [6.07, 6.45) is 7.21. The number of amides is 1. The van der Waals surface area contributed by atoms with Crippen LogP contribution in [-0.4, -0.2) is 57.2 Å². The van der Waals surface area contributed by atoms with Crippen molar-refractivity contribution >= 4 is 11.9 Å². The average Bonchev–Trinajstić information content (AvgIpc) is 3.34. The first-order chi connectivity index (χ1) is 12.3. The van der Waals surface area contributed by atoms with Crippen molar-refractivity contribution in [2.24, 2.45) is 5.92 Å². The molecule has 1 fully saturated rings. The Morgan fingerprint density at radius 1 is 1.12 bits per heavy atom. The van der Waals surface area contributed by atoms with E-state index < -0.39 is 0 Å². The van der Waals surface area contributed by atoms with E-state index in [2.05, 4.69) is 32.6 Å². The van der Waals surface area contributed by atoms with E-state index in [-0.39, 0.29) is 5.91 Å². The quantitative estimate of drug-likeness (QED) is 0.793. The van der Waals surface area contributed by atoms with Crippen LogP contribution in [0.15, 0.2) is 42.5 Å². The van der Waals surface area contributed by atoms with Crippen molar-refractivity contribution in [1.29, 1.82) is 0 Å². The maximum absolute atomic E-state index is 12.5. The molecule has 1 amide bonds. The molecule has 0 spiro atoms. The average molecular weight is 338 g/mol. The van der Waals surface area contributed by atoms with Crippen LogP contribution in [0.3, 0.4) is 0 Å². The minimum Gasteiger partial charge on any atom is -0.339 e. The van der Waals surface area contributed by atoms with E-state index in [0.29, 0.717) is 12.3 Å². The zero-order valence-corrected chi connectivity index (χ0v) is 14.2. The number of allylic oxidation sites excluding steroid dienone is 2. The van der Waals surface area contributed by atoms with Gasteiger partial charge < -0.3 is 9.80 Å². The first kappa shape index (κ1) is 15.8. The third-order valence-corrected chi connectivity index (χ3v) is 4.92. The molecule has 1 aromatic carbocycles. The van der Waals surface area contributed by atoms with Gasteiger partial charge in [-0.2, -0.15) is 4.68 Å². The molecule has 130 valence electrons. The Balaban J connectivity index is 1.39. The Morgan fingerprint density at radius 3 is 2.64 bits per heavy atom. The zero-order valence-electron chi connectivity index (χ0n) is 14.2. The Morgan fingerprint density at radius 2 is 1.92 bits per heavy atom. The van der Waals surface area contributed by atoms with Gasteiger partial charge in [0.2, 0.25) is 11.9 Å². The molecule has 0 saturated carbocycles. The molecule has 1 unspecified atom stereocenters. The lowest BCUT2D eigenvalue weighted by atomic mass is 10.0. The van der Waals surface area contributed by atoms with Gasteiger partial charge in [0.25, 0.3) is 0 Å². The van der Waals surface area contributed by atoms with E-state index in [4.69, 9.17) is 0 Å². The normalized spacial score (nSPS) is 20.2. The molecule has 2 heterocycles. The molecule has 1 aromatic heterocycles. The van der Waals surface area contributed by atoms with E-state index in [1.54, 1.807) is 4.68 Å². The second-order valence-electron chi connectivity index (χ2n) is 6.56. The molecule has 1 aliphatic heterocycles. The molecule has 1 aliphatic carbocycles. The lowest BCUT2D eigenvalue weighted by Gasteiger charge is -2.35. The molecule has 2 aliphatic rings. The predicted octanol–water partition coefficient (Wildman–Crippen LogP) is 1.67. The summed E-state index contributed by atoms with van der Waals surface area (Å²) in [6, 6.07) is 9.87. The molecule has 4 rings (SSSR count). The SMILES string of the molecule is O=C(CC1C=CCC1)N1CCN(c2nnnn2-c2ccccc2)CC1. The Bertz CT molecular complexity index is 748. The first-order valence-electron chi connectivity index (χ1n) is 8.84. The number of tetrazole rings is 1. The lowest BCUT2D eigenvalue weighted by Crippen LogP contribution is -2.49. The molecule has 1 atom stereocenters. The molecule has 0 bridgehead atoms. The minimum absolute atomic E-state index is 0.263. The molecule has 7 nitrogen and oxygen atoms in total. The Kier molecular flexibility index (Phi) is 4.45. The number of para-hydroxylation sites is 1. The first-order valence-corrected chi connectivity index (χ1v) is 8.84. The number of nitrogens with zero attached hydrogens (tertiary/aromatic N) is 6. The number of rotatable bonds is 4. The van der Waals surface area contributed by atoms with Crippen molar-refractivity contribution < 1.29 is 4.79 Å². The van der Waals surface area contributed by atoms with Crippen molar-refractivity contribution in [2.75, 3.05) is 31.1 Å². The van der Waals surface area contributed by atoms with Crippen LogP contribution in [0.2, 0.25) is 0 Å². The van der Waals surface area contributed by atoms with E-state index in [1.165, 1.54) is 0 Å². The maximum atomic E-state index is 12.5. The third kappa shape index (κ3) is 3.40. The van der Waals surface area contributed by atoms with E-state index in [1.807, 2.05) is 35.2 Å². The van der Waals surface area contributed by atoms with Gasteiger partial charge in [-0.05, 0) is 41.3 Å². The Labute approximate surface area is 146 Å². The number of anilines is 1. The van der Waals surface area contributed by atoms with Crippen LogP contribution in [-0.2, 0) is 4.79 Å².